The molecule has 1 aliphatic heterocycles. The van der Waals surface area contributed by atoms with Gasteiger partial charge in [0, 0.05) is 45.0 Å². The van der Waals surface area contributed by atoms with E-state index in [1.54, 1.807) is 35.2 Å². The fourth-order valence-corrected chi connectivity index (χ4v) is 3.62. The number of aliphatic hydroxyl groups excluding tert-OH is 1. The van der Waals surface area contributed by atoms with Crippen LogP contribution < -0.4 is 22.4 Å². The fourth-order valence-electron chi connectivity index (χ4n) is 3.62. The van der Waals surface area contributed by atoms with Crippen LogP contribution in [0.2, 0.25) is 0 Å². The van der Waals surface area contributed by atoms with Crippen LogP contribution in [0.1, 0.15) is 54.4 Å². The van der Waals surface area contributed by atoms with Gasteiger partial charge in [0.25, 0.3) is 0 Å². The first-order valence-electron chi connectivity index (χ1n) is 14.2. The molecule has 0 saturated carbocycles. The Morgan fingerprint density at radius 2 is 1.90 bits per heavy atom. The molecule has 7 N–H and O–H groups in total. The number of amides is 1. The number of hydrogen-bond acceptors (Lipinski definition) is 9. The van der Waals surface area contributed by atoms with Gasteiger partial charge in [-0.15, -0.1) is 0 Å². The van der Waals surface area contributed by atoms with E-state index in [-0.39, 0.29) is 6.61 Å². The van der Waals surface area contributed by atoms with Crippen LogP contribution >= 0.6 is 0 Å². The van der Waals surface area contributed by atoms with E-state index in [2.05, 4.69) is 48.7 Å². The highest BCUT2D eigenvalue weighted by atomic mass is 16.5. The van der Waals surface area contributed by atoms with Gasteiger partial charge >= 0.3 is 5.97 Å². The number of aliphatic hydroxyl groups is 1. The summed E-state index contributed by atoms with van der Waals surface area (Å²) in [6.45, 7) is 14.8. The maximum atomic E-state index is 11.2. The molecule has 2 rings (SSSR count). The molecule has 3 unspecified atom stereocenters. The molecule has 10 nitrogen and oxygen atoms in total. The Morgan fingerprint density at radius 3 is 2.40 bits per heavy atom. The van der Waals surface area contributed by atoms with Gasteiger partial charge in [0.1, 0.15) is 6.61 Å². The second-order valence-corrected chi connectivity index (χ2v) is 9.12. The van der Waals surface area contributed by atoms with E-state index >= 15 is 0 Å². The lowest BCUT2D eigenvalue weighted by Crippen LogP contribution is -2.35. The van der Waals surface area contributed by atoms with Crippen LogP contribution in [0.3, 0.4) is 0 Å². The van der Waals surface area contributed by atoms with E-state index < -0.39 is 12.1 Å². The summed E-state index contributed by atoms with van der Waals surface area (Å²) in [6, 6.07) is 0. The van der Waals surface area contributed by atoms with E-state index in [1.807, 2.05) is 34.7 Å². The summed E-state index contributed by atoms with van der Waals surface area (Å²) in [5.41, 5.74) is 4.99. The van der Waals surface area contributed by atoms with Crippen LogP contribution in [-0.2, 0) is 14.3 Å². The van der Waals surface area contributed by atoms with Crippen LogP contribution in [0.15, 0.2) is 59.4 Å². The number of esters is 1. The van der Waals surface area contributed by atoms with Gasteiger partial charge in [-0.2, -0.15) is 0 Å². The van der Waals surface area contributed by atoms with Gasteiger partial charge < -0.3 is 25.1 Å². The number of carbonyl (C=O) groups excluding carboxylic acids is 2. The molecular formula is C30H56N6O4. The third-order valence-electron chi connectivity index (χ3n) is 6.30. The number of rotatable bonds is 11. The maximum Gasteiger partial charge on any atom is 0.331 e. The fraction of sp³-hybridized carbons (Fsp3) is 0.600. The van der Waals surface area contributed by atoms with Crippen LogP contribution in [0, 0.1) is 11.8 Å². The van der Waals surface area contributed by atoms with Gasteiger partial charge in [0.15, 0.2) is 0 Å². The summed E-state index contributed by atoms with van der Waals surface area (Å²) in [6.07, 6.45) is 15.5. The zero-order chi connectivity index (χ0) is 30.9. The molecule has 1 heterocycles. The molecule has 0 radical (unpaired) electrons. The highest BCUT2D eigenvalue weighted by Crippen LogP contribution is 2.25. The molecule has 0 aromatic rings. The second kappa shape index (κ2) is 25.2. The largest absolute Gasteiger partial charge is 0.458 e. The van der Waals surface area contributed by atoms with Gasteiger partial charge in [-0.25, -0.2) is 10.6 Å². The van der Waals surface area contributed by atoms with Crippen molar-refractivity contribution in [2.45, 2.75) is 60.5 Å². The monoisotopic (exact) mass is 564 g/mol. The first-order valence-corrected chi connectivity index (χ1v) is 14.2. The lowest BCUT2D eigenvalue weighted by atomic mass is 9.86. The molecule has 0 bridgehead atoms. The van der Waals surface area contributed by atoms with Crippen molar-refractivity contribution in [1.29, 1.82) is 0 Å². The number of nitrogens with zero attached hydrogens (tertiary/aromatic N) is 2. The highest BCUT2D eigenvalue weighted by molar-refractivity contribution is 5.82. The summed E-state index contributed by atoms with van der Waals surface area (Å²) in [7, 11) is 3.53. The van der Waals surface area contributed by atoms with E-state index in [0.717, 1.165) is 35.6 Å². The van der Waals surface area contributed by atoms with Crippen LogP contribution in [0.25, 0.3) is 0 Å². The van der Waals surface area contributed by atoms with Gasteiger partial charge in [-0.05, 0) is 62.5 Å². The minimum absolute atomic E-state index is 0.192. The number of ether oxygens (including phenoxy) is 1. The Balaban J connectivity index is 0. The number of carbonyl (C=O) groups is 2. The standard InChI is InChI=1S/C16H24N2O4.C11H20N2.C2H6.CH6N2/c1-3-18(12-19)9-8-17-11-15(20)14-5-4-6-16(21)22-10-7-13(14)2;1-4-9(2)10-5-7-11(8-6-10)13(3)12;1-2;1-3-2/h4-7,12,15,17,20H,3,8-11H2,1-2H3;5,7-10H,4,6,12H2,1-3H3;1-2H3;3H,2H2,1H3/b6-4+,13-7+,14-5+;;;. The van der Waals surface area contributed by atoms with Gasteiger partial charge in [0.2, 0.25) is 6.41 Å². The molecule has 0 spiro atoms. The minimum Gasteiger partial charge on any atom is -0.458 e. The molecule has 0 saturated heterocycles. The summed E-state index contributed by atoms with van der Waals surface area (Å²) >= 11 is 0. The van der Waals surface area contributed by atoms with Crippen LogP contribution in [0.4, 0.5) is 0 Å². The Labute approximate surface area is 242 Å². The average molecular weight is 565 g/mol. The highest BCUT2D eigenvalue weighted by Gasteiger charge is 2.15. The summed E-state index contributed by atoms with van der Waals surface area (Å²) in [5, 5.41) is 15.1. The number of cyclic esters (lactones) is 1. The average Bonchev–Trinajstić information content (AvgIpc) is 3.04. The number of likely N-dealkylation sites (N-methyl/N-ethyl adjacent to an activating group) is 2. The molecule has 3 atom stereocenters. The summed E-state index contributed by atoms with van der Waals surface area (Å²) in [5.74, 6) is 11.3. The predicted molar refractivity (Wildman–Crippen MR) is 165 cm³/mol. The molecule has 0 aromatic heterocycles. The lowest BCUT2D eigenvalue weighted by Gasteiger charge is -2.24. The normalized spacial score (nSPS) is 20.9. The molecule has 230 valence electrons. The van der Waals surface area contributed by atoms with Crippen LogP contribution in [-0.4, -0.2) is 80.4 Å². The van der Waals surface area contributed by atoms with Gasteiger partial charge in [0.05, 0.1) is 6.10 Å². The lowest BCUT2D eigenvalue weighted by molar-refractivity contribution is -0.136. The maximum absolute atomic E-state index is 11.2. The van der Waals surface area contributed by atoms with Crippen molar-refractivity contribution in [1.82, 2.24) is 20.7 Å². The SMILES string of the molecule is CC.CCC(C)C1C=CC(N(C)N)=CC1.CCN(C=O)CCNCC(O)C1=C/C=C/C(=O)OC\C=C\1C.CNN. The van der Waals surface area contributed by atoms with E-state index in [0.29, 0.717) is 32.1 Å². The smallest absolute Gasteiger partial charge is 0.331 e. The summed E-state index contributed by atoms with van der Waals surface area (Å²) in [4.78, 5) is 23.5. The van der Waals surface area contributed by atoms with E-state index in [4.69, 9.17) is 10.6 Å². The number of hydrogen-bond donors (Lipinski definition) is 5. The third kappa shape index (κ3) is 17.8. The molecule has 2 aliphatic rings. The molecule has 1 aliphatic carbocycles. The Hall–Kier alpha value is -2.76. The Bertz CT molecular complexity index is 836. The van der Waals surface area contributed by atoms with Crippen molar-refractivity contribution >= 4 is 12.4 Å². The molecule has 10 heteroatoms. The summed E-state index contributed by atoms with van der Waals surface area (Å²) < 4.78 is 4.94. The molecule has 1 amide bonds. The first kappa shape index (κ1) is 39.4. The predicted octanol–water partition coefficient (Wildman–Crippen LogP) is 2.80. The van der Waals surface area contributed by atoms with Crippen molar-refractivity contribution in [3.05, 3.63) is 59.4 Å². The van der Waals surface area contributed by atoms with Crippen LogP contribution in [0.5, 0.6) is 0 Å². The molecular weight excluding hydrogens is 508 g/mol. The molecule has 0 fully saturated rings. The Morgan fingerprint density at radius 1 is 1.25 bits per heavy atom. The minimum atomic E-state index is -0.694. The van der Waals surface area contributed by atoms with Crippen molar-refractivity contribution < 1.29 is 19.4 Å². The van der Waals surface area contributed by atoms with Crippen molar-refractivity contribution in [3.63, 3.8) is 0 Å². The van der Waals surface area contributed by atoms with Gasteiger partial charge in [-0.1, -0.05) is 58.4 Å². The van der Waals surface area contributed by atoms with Crippen molar-refractivity contribution in [3.8, 4) is 0 Å². The zero-order valence-electron chi connectivity index (χ0n) is 26.0. The van der Waals surface area contributed by atoms with Gasteiger partial charge in [-0.3, -0.25) is 16.1 Å². The zero-order valence-corrected chi connectivity index (χ0v) is 26.0. The molecule has 0 aromatic carbocycles. The van der Waals surface area contributed by atoms with Crippen molar-refractivity contribution in [2.24, 2.45) is 23.5 Å². The number of hydrazine groups is 2. The third-order valence-corrected chi connectivity index (χ3v) is 6.30. The van der Waals surface area contributed by atoms with E-state index in [9.17, 15) is 14.7 Å². The number of allylic oxidation sites excluding steroid dienone is 5. The number of nitrogens with one attached hydrogen (secondary N) is 2. The Kier molecular flexibility index (Phi) is 24.8. The molecule has 40 heavy (non-hydrogen) atoms. The number of nitrogens with two attached hydrogens (primary N) is 2. The topological polar surface area (TPSA) is 146 Å². The first-order chi connectivity index (χ1) is 19.1. The quantitative estimate of drug-likeness (QED) is 0.0840. The second-order valence-electron chi connectivity index (χ2n) is 9.12. The van der Waals surface area contributed by atoms with Crippen molar-refractivity contribution in [2.75, 3.05) is 46.9 Å². The van der Waals surface area contributed by atoms with E-state index in [1.165, 1.54) is 12.5 Å².